The van der Waals surface area contributed by atoms with E-state index in [-0.39, 0.29) is 0 Å². The Morgan fingerprint density at radius 3 is 1.06 bits per heavy atom. The molecule has 16 heavy (non-hydrogen) atoms. The predicted octanol–water partition coefficient (Wildman–Crippen LogP) is 4.42. The first-order valence-electron chi connectivity index (χ1n) is 4.29. The molecule has 0 unspecified atom stereocenters. The molecule has 0 atom stereocenters. The summed E-state index contributed by atoms with van der Waals surface area (Å²) < 4.78 is 0.839. The second-order valence-corrected chi connectivity index (χ2v) is 11.1. The summed E-state index contributed by atoms with van der Waals surface area (Å²) in [5.74, 6) is 0. The van der Waals surface area contributed by atoms with Crippen molar-refractivity contribution in [1.29, 1.82) is 0 Å². The van der Waals surface area contributed by atoms with E-state index in [1.165, 1.54) is 0 Å². The molecule has 0 radical (unpaired) electrons. The maximum Gasteiger partial charge on any atom is 0.0653 e. The molecular formula is C7H16S9. The Hall–Kier alpha value is 3.15. The zero-order valence-corrected chi connectivity index (χ0v) is 16.2. The van der Waals surface area contributed by atoms with E-state index in [4.69, 9.17) is 12.6 Å². The lowest BCUT2D eigenvalue weighted by Crippen LogP contribution is -2.25. The van der Waals surface area contributed by atoms with Gasteiger partial charge in [0.05, 0.1) is 9.16 Å². The third-order valence-corrected chi connectivity index (χ3v) is 9.42. The van der Waals surface area contributed by atoms with Crippen LogP contribution in [0.2, 0.25) is 0 Å². The molecule has 9 heteroatoms. The van der Waals surface area contributed by atoms with Crippen molar-refractivity contribution in [2.75, 3.05) is 20.3 Å². The van der Waals surface area contributed by atoms with Crippen LogP contribution in [0.25, 0.3) is 0 Å². The second kappa shape index (κ2) is 13.1. The average molecular weight is 389 g/mol. The van der Waals surface area contributed by atoms with E-state index in [9.17, 15) is 0 Å². The minimum atomic E-state index is 0.295. The standard InChI is InChI=1S/C7H16S9/c8-1-13-6(14-2-9)5(12)7(15-3-10)16-4-11/h5-12H,1-4H2. The summed E-state index contributed by atoms with van der Waals surface area (Å²) in [4.78, 5) is 0. The molecule has 0 rings (SSSR count). The highest BCUT2D eigenvalue weighted by Crippen LogP contribution is 2.40. The minimum absolute atomic E-state index is 0.295. The highest BCUT2D eigenvalue weighted by atomic mass is 32.2. The van der Waals surface area contributed by atoms with Crippen LogP contribution in [0, 0.1) is 0 Å². The third kappa shape index (κ3) is 8.35. The number of thiol groups is 5. The Kier molecular flexibility index (Phi) is 15.7. The van der Waals surface area contributed by atoms with Crippen LogP contribution in [0.4, 0.5) is 0 Å². The van der Waals surface area contributed by atoms with E-state index < -0.39 is 0 Å². The summed E-state index contributed by atoms with van der Waals surface area (Å²) >= 11 is 29.1. The highest BCUT2D eigenvalue weighted by Gasteiger charge is 2.27. The number of hydrogen-bond acceptors (Lipinski definition) is 9. The van der Waals surface area contributed by atoms with Crippen LogP contribution in [0.5, 0.6) is 0 Å². The van der Waals surface area contributed by atoms with Gasteiger partial charge in [-0.2, -0.15) is 63.1 Å². The Bertz CT molecular complexity index is 127. The van der Waals surface area contributed by atoms with Crippen LogP contribution in [0.15, 0.2) is 0 Å². The van der Waals surface area contributed by atoms with Crippen LogP contribution < -0.4 is 0 Å². The molecule has 0 amide bonds. The van der Waals surface area contributed by atoms with Gasteiger partial charge >= 0.3 is 0 Å². The Morgan fingerprint density at radius 1 is 0.625 bits per heavy atom. The van der Waals surface area contributed by atoms with Crippen LogP contribution in [0.3, 0.4) is 0 Å². The number of thioether (sulfide) groups is 4. The summed E-state index contributed by atoms with van der Waals surface area (Å²) in [6.45, 7) is 0. The fourth-order valence-corrected chi connectivity index (χ4v) is 9.07. The summed E-state index contributed by atoms with van der Waals surface area (Å²) in [6, 6.07) is 0. The van der Waals surface area contributed by atoms with Crippen LogP contribution in [-0.4, -0.2) is 34.8 Å². The van der Waals surface area contributed by atoms with Gasteiger partial charge in [-0.15, -0.1) is 47.0 Å². The normalized spacial score (nSPS) is 12.0. The van der Waals surface area contributed by atoms with Gasteiger partial charge in [-0.3, -0.25) is 0 Å². The van der Waals surface area contributed by atoms with E-state index in [0.29, 0.717) is 14.4 Å². The van der Waals surface area contributed by atoms with Gasteiger partial charge < -0.3 is 0 Å². The summed E-state index contributed by atoms with van der Waals surface area (Å²) in [5, 5.41) is 3.54. The van der Waals surface area contributed by atoms with Crippen molar-refractivity contribution in [3.8, 4) is 0 Å². The summed E-state index contributed by atoms with van der Waals surface area (Å²) in [5.41, 5.74) is 0. The van der Waals surface area contributed by atoms with Crippen LogP contribution in [0.1, 0.15) is 0 Å². The van der Waals surface area contributed by atoms with E-state index in [1.54, 1.807) is 0 Å². The molecule has 0 bridgehead atoms. The van der Waals surface area contributed by atoms with Gasteiger partial charge in [-0.25, -0.2) is 0 Å². The lowest BCUT2D eigenvalue weighted by Gasteiger charge is -2.27. The van der Waals surface area contributed by atoms with Gasteiger partial charge in [-0.1, -0.05) is 0 Å². The topological polar surface area (TPSA) is 0 Å². The summed E-state index contributed by atoms with van der Waals surface area (Å²) in [7, 11) is 0. The smallest absolute Gasteiger partial charge is 0.0653 e. The van der Waals surface area contributed by atoms with Gasteiger partial charge in [0.2, 0.25) is 0 Å². The van der Waals surface area contributed by atoms with E-state index >= 15 is 0 Å². The fourth-order valence-electron chi connectivity index (χ4n) is 0.913. The molecule has 0 saturated carbocycles. The van der Waals surface area contributed by atoms with E-state index in [0.717, 1.165) is 20.3 Å². The van der Waals surface area contributed by atoms with E-state index in [2.05, 4.69) is 50.5 Å². The molecule has 0 aliphatic carbocycles. The molecule has 0 spiro atoms. The van der Waals surface area contributed by atoms with Gasteiger partial charge in [-0.05, 0) is 0 Å². The lowest BCUT2D eigenvalue weighted by atomic mass is 10.5. The van der Waals surface area contributed by atoms with Gasteiger partial charge in [0.25, 0.3) is 0 Å². The molecule has 98 valence electrons. The lowest BCUT2D eigenvalue weighted by molar-refractivity contribution is 1.07. The molecule has 0 aromatic heterocycles. The fraction of sp³-hybridized carbons (Fsp3) is 1.00. The predicted molar refractivity (Wildman–Crippen MR) is 106 cm³/mol. The zero-order valence-electron chi connectivity index (χ0n) is 8.43. The van der Waals surface area contributed by atoms with Gasteiger partial charge in [0.1, 0.15) is 0 Å². The van der Waals surface area contributed by atoms with Gasteiger partial charge in [0.15, 0.2) is 0 Å². The Balaban J connectivity index is 4.31. The highest BCUT2D eigenvalue weighted by molar-refractivity contribution is 8.25. The monoisotopic (exact) mass is 388 g/mol. The first kappa shape index (κ1) is 19.1. The zero-order chi connectivity index (χ0) is 12.4. The maximum atomic E-state index is 4.74. The second-order valence-electron chi connectivity index (χ2n) is 2.41. The summed E-state index contributed by atoms with van der Waals surface area (Å²) in [6.07, 6.45) is 0. The minimum Gasteiger partial charge on any atom is -0.172 e. The molecular weight excluding hydrogens is 373 g/mol. The molecule has 0 N–H and O–H groups in total. The quantitative estimate of drug-likeness (QED) is 0.277. The molecule has 0 aromatic rings. The van der Waals surface area contributed by atoms with Crippen molar-refractivity contribution in [2.24, 2.45) is 0 Å². The first-order valence-corrected chi connectivity index (χ1v) is 11.5. The van der Waals surface area contributed by atoms with Crippen molar-refractivity contribution in [1.82, 2.24) is 0 Å². The van der Waals surface area contributed by atoms with Crippen molar-refractivity contribution >= 4 is 110 Å². The van der Waals surface area contributed by atoms with Crippen molar-refractivity contribution in [3.63, 3.8) is 0 Å². The molecule has 0 fully saturated rings. The maximum absolute atomic E-state index is 4.74. The first-order chi connectivity index (χ1) is 7.71. The van der Waals surface area contributed by atoms with Crippen molar-refractivity contribution in [2.45, 2.75) is 14.4 Å². The molecule has 0 aliphatic rings. The van der Waals surface area contributed by atoms with Crippen molar-refractivity contribution in [3.05, 3.63) is 0 Å². The Labute approximate surface area is 143 Å². The van der Waals surface area contributed by atoms with E-state index in [1.807, 2.05) is 47.0 Å². The largest absolute Gasteiger partial charge is 0.172 e. The molecule has 0 aromatic carbocycles. The SMILES string of the molecule is SCSC(SCS)C(S)C(SCS)SCS. The van der Waals surface area contributed by atoms with Crippen molar-refractivity contribution < 1.29 is 0 Å². The van der Waals surface area contributed by atoms with Crippen LogP contribution >= 0.6 is 110 Å². The number of rotatable bonds is 10. The molecule has 0 heterocycles. The average Bonchev–Trinajstić information content (AvgIpc) is 2.27. The Morgan fingerprint density at radius 2 is 0.875 bits per heavy atom. The van der Waals surface area contributed by atoms with Gasteiger partial charge in [0, 0.05) is 25.6 Å². The molecule has 0 aliphatic heterocycles. The third-order valence-electron chi connectivity index (χ3n) is 1.51. The molecule has 0 saturated heterocycles. The van der Waals surface area contributed by atoms with Crippen LogP contribution in [-0.2, 0) is 0 Å². The number of hydrogen-bond donors (Lipinski definition) is 5. The molecule has 0 nitrogen and oxygen atoms in total.